The third kappa shape index (κ3) is 2.60. The summed E-state index contributed by atoms with van der Waals surface area (Å²) in [6.07, 6.45) is 1.87. The molecule has 0 bridgehead atoms. The lowest BCUT2D eigenvalue weighted by Gasteiger charge is -2.09. The molecule has 0 amide bonds. The van der Waals surface area contributed by atoms with Crippen molar-refractivity contribution in [2.24, 2.45) is 0 Å². The van der Waals surface area contributed by atoms with Crippen molar-refractivity contribution in [3.05, 3.63) is 59.2 Å². The van der Waals surface area contributed by atoms with Crippen molar-refractivity contribution < 1.29 is 0 Å². The Bertz CT molecular complexity index is 763. The lowest BCUT2D eigenvalue weighted by atomic mass is 10.2. The van der Waals surface area contributed by atoms with E-state index in [0.29, 0.717) is 10.7 Å². The Morgan fingerprint density at radius 3 is 2.75 bits per heavy atom. The summed E-state index contributed by atoms with van der Waals surface area (Å²) in [5.74, 6) is 0. The summed E-state index contributed by atoms with van der Waals surface area (Å²) < 4.78 is 0. The zero-order chi connectivity index (χ0) is 14.1. The zero-order valence-electron chi connectivity index (χ0n) is 10.9. The number of rotatable bonds is 2. The smallest absolute Gasteiger partial charge is 0.0702 e. The molecule has 0 aliphatic carbocycles. The lowest BCUT2D eigenvalue weighted by Crippen LogP contribution is -1.89. The van der Waals surface area contributed by atoms with Crippen molar-refractivity contribution in [2.75, 3.05) is 5.73 Å². The van der Waals surface area contributed by atoms with Gasteiger partial charge < -0.3 is 5.73 Å². The molecular formula is C16H13ClN2S. The minimum Gasteiger partial charge on any atom is -0.399 e. The number of halogens is 1. The SMILES string of the molecule is Cc1cc(N)cc(Cl)c1Sc1cnc2ccccc2c1. The molecule has 0 saturated carbocycles. The van der Waals surface area contributed by atoms with E-state index in [1.165, 1.54) is 0 Å². The highest BCUT2D eigenvalue weighted by Gasteiger charge is 2.08. The van der Waals surface area contributed by atoms with E-state index in [4.69, 9.17) is 17.3 Å². The van der Waals surface area contributed by atoms with Crippen LogP contribution in [0.1, 0.15) is 5.56 Å². The second kappa shape index (κ2) is 5.35. The first-order chi connectivity index (χ1) is 9.63. The maximum atomic E-state index is 6.28. The molecule has 3 aromatic rings. The number of hydrogen-bond acceptors (Lipinski definition) is 3. The molecule has 0 radical (unpaired) electrons. The van der Waals surface area contributed by atoms with Crippen LogP contribution in [0.25, 0.3) is 10.9 Å². The van der Waals surface area contributed by atoms with Gasteiger partial charge in [-0.2, -0.15) is 0 Å². The average Bonchev–Trinajstić information content (AvgIpc) is 2.42. The summed E-state index contributed by atoms with van der Waals surface area (Å²) in [5.41, 5.74) is 8.55. The molecule has 2 N–H and O–H groups in total. The number of hydrogen-bond donors (Lipinski definition) is 1. The summed E-state index contributed by atoms with van der Waals surface area (Å²) in [6.45, 7) is 2.01. The van der Waals surface area contributed by atoms with Crippen LogP contribution in [-0.4, -0.2) is 4.98 Å². The number of fused-ring (bicyclic) bond motifs is 1. The molecule has 3 rings (SSSR count). The van der Waals surface area contributed by atoms with Crippen molar-refractivity contribution >= 4 is 40.0 Å². The lowest BCUT2D eigenvalue weighted by molar-refractivity contribution is 1.27. The standard InChI is InChI=1S/C16H13ClN2S/c1-10-6-12(18)8-14(17)16(10)20-13-7-11-4-2-3-5-15(11)19-9-13/h2-9H,18H2,1H3. The third-order valence-electron chi connectivity index (χ3n) is 3.04. The Labute approximate surface area is 127 Å². The van der Waals surface area contributed by atoms with Crippen molar-refractivity contribution in [1.29, 1.82) is 0 Å². The van der Waals surface area contributed by atoms with Crippen molar-refractivity contribution in [3.8, 4) is 0 Å². The molecule has 0 fully saturated rings. The molecule has 0 aliphatic rings. The monoisotopic (exact) mass is 300 g/mol. The number of aryl methyl sites for hydroxylation is 1. The van der Waals surface area contributed by atoms with Crippen molar-refractivity contribution in [2.45, 2.75) is 16.7 Å². The number of nitrogen functional groups attached to an aromatic ring is 1. The van der Waals surface area contributed by atoms with Crippen LogP contribution in [0.4, 0.5) is 5.69 Å². The first-order valence-electron chi connectivity index (χ1n) is 6.22. The van der Waals surface area contributed by atoms with E-state index in [0.717, 1.165) is 26.3 Å². The highest BCUT2D eigenvalue weighted by atomic mass is 35.5. The fourth-order valence-electron chi connectivity index (χ4n) is 2.11. The minimum absolute atomic E-state index is 0.681. The predicted octanol–water partition coefficient (Wildman–Crippen LogP) is 4.93. The highest BCUT2D eigenvalue weighted by molar-refractivity contribution is 7.99. The molecule has 2 aromatic carbocycles. The average molecular weight is 301 g/mol. The van der Waals surface area contributed by atoms with Gasteiger partial charge in [-0.15, -0.1) is 0 Å². The second-order valence-electron chi connectivity index (χ2n) is 4.61. The number of nitrogens with zero attached hydrogens (tertiary/aromatic N) is 1. The third-order valence-corrected chi connectivity index (χ3v) is 4.65. The number of nitrogens with two attached hydrogens (primary N) is 1. The van der Waals surface area contributed by atoms with Gasteiger partial charge in [0.1, 0.15) is 0 Å². The molecule has 0 unspecified atom stereocenters. The topological polar surface area (TPSA) is 38.9 Å². The first kappa shape index (κ1) is 13.3. The molecule has 100 valence electrons. The fourth-order valence-corrected chi connectivity index (χ4v) is 3.41. The molecule has 4 heteroatoms. The Morgan fingerprint density at radius 1 is 1.15 bits per heavy atom. The van der Waals surface area contributed by atoms with E-state index in [-0.39, 0.29) is 0 Å². The van der Waals surface area contributed by atoms with E-state index in [1.54, 1.807) is 17.8 Å². The van der Waals surface area contributed by atoms with Crippen LogP contribution in [0.15, 0.2) is 58.5 Å². The molecule has 1 heterocycles. The quantitative estimate of drug-likeness (QED) is 0.682. The second-order valence-corrected chi connectivity index (χ2v) is 6.11. The van der Waals surface area contributed by atoms with E-state index in [2.05, 4.69) is 17.1 Å². The number of anilines is 1. The number of benzene rings is 2. The van der Waals surface area contributed by atoms with Crippen LogP contribution in [-0.2, 0) is 0 Å². The number of para-hydroxylation sites is 1. The highest BCUT2D eigenvalue weighted by Crippen LogP contribution is 2.37. The van der Waals surface area contributed by atoms with Gasteiger partial charge in [-0.25, -0.2) is 0 Å². The first-order valence-corrected chi connectivity index (χ1v) is 7.41. The maximum Gasteiger partial charge on any atom is 0.0702 e. The van der Waals surface area contributed by atoms with Crippen LogP contribution >= 0.6 is 23.4 Å². The molecule has 0 saturated heterocycles. The van der Waals surface area contributed by atoms with Gasteiger partial charge in [-0.05, 0) is 36.8 Å². The summed E-state index contributed by atoms with van der Waals surface area (Å²) in [5, 5.41) is 1.81. The molecule has 20 heavy (non-hydrogen) atoms. The van der Waals surface area contributed by atoms with Crippen LogP contribution in [0.5, 0.6) is 0 Å². The molecule has 2 nitrogen and oxygen atoms in total. The van der Waals surface area contributed by atoms with E-state index < -0.39 is 0 Å². The van der Waals surface area contributed by atoms with Gasteiger partial charge in [0.15, 0.2) is 0 Å². The van der Waals surface area contributed by atoms with Crippen LogP contribution in [0.2, 0.25) is 5.02 Å². The molecule has 1 aromatic heterocycles. The van der Waals surface area contributed by atoms with Crippen LogP contribution in [0.3, 0.4) is 0 Å². The van der Waals surface area contributed by atoms with E-state index >= 15 is 0 Å². The Balaban J connectivity index is 2.01. The van der Waals surface area contributed by atoms with Gasteiger partial charge >= 0.3 is 0 Å². The van der Waals surface area contributed by atoms with Gasteiger partial charge in [0.05, 0.1) is 10.5 Å². The molecular weight excluding hydrogens is 288 g/mol. The largest absolute Gasteiger partial charge is 0.399 e. The zero-order valence-corrected chi connectivity index (χ0v) is 12.5. The summed E-state index contributed by atoms with van der Waals surface area (Å²) in [7, 11) is 0. The summed E-state index contributed by atoms with van der Waals surface area (Å²) in [4.78, 5) is 6.56. The molecule has 0 aliphatic heterocycles. The van der Waals surface area contributed by atoms with Crippen LogP contribution < -0.4 is 5.73 Å². The van der Waals surface area contributed by atoms with Crippen molar-refractivity contribution in [3.63, 3.8) is 0 Å². The van der Waals surface area contributed by atoms with Gasteiger partial charge in [-0.3, -0.25) is 4.98 Å². The van der Waals surface area contributed by atoms with Gasteiger partial charge in [0.2, 0.25) is 0 Å². The molecule has 0 spiro atoms. The van der Waals surface area contributed by atoms with E-state index in [9.17, 15) is 0 Å². The van der Waals surface area contributed by atoms with E-state index in [1.807, 2.05) is 37.4 Å². The normalized spacial score (nSPS) is 10.9. The Morgan fingerprint density at radius 2 is 1.95 bits per heavy atom. The summed E-state index contributed by atoms with van der Waals surface area (Å²) in [6, 6.07) is 13.9. The Kier molecular flexibility index (Phi) is 3.55. The maximum absolute atomic E-state index is 6.28. The van der Waals surface area contributed by atoms with Gasteiger partial charge in [-0.1, -0.05) is 41.6 Å². The molecule has 0 atom stereocenters. The number of pyridine rings is 1. The Hall–Kier alpha value is -1.71. The van der Waals surface area contributed by atoms with Gasteiger partial charge in [0.25, 0.3) is 0 Å². The predicted molar refractivity (Wildman–Crippen MR) is 86.5 cm³/mol. The fraction of sp³-hybridized carbons (Fsp3) is 0.0625. The minimum atomic E-state index is 0.681. The van der Waals surface area contributed by atoms with Crippen LogP contribution in [0, 0.1) is 6.92 Å². The number of aromatic nitrogens is 1. The summed E-state index contributed by atoms with van der Waals surface area (Å²) >= 11 is 7.90. The van der Waals surface area contributed by atoms with Crippen molar-refractivity contribution in [1.82, 2.24) is 4.98 Å². The van der Waals surface area contributed by atoms with Gasteiger partial charge in [0, 0.05) is 27.1 Å².